The molecular weight excluding hydrogens is 328 g/mol. The molecule has 0 aliphatic rings. The predicted molar refractivity (Wildman–Crippen MR) is 87.6 cm³/mol. The lowest BCUT2D eigenvalue weighted by molar-refractivity contribution is 0.0991. The largest absolute Gasteiger partial charge is 0.294 e. The summed E-state index contributed by atoms with van der Waals surface area (Å²) in [6.45, 7) is 1.99. The molecule has 0 bridgehead atoms. The monoisotopic (exact) mass is 342 g/mol. The van der Waals surface area contributed by atoms with Gasteiger partial charge in [-0.25, -0.2) is 0 Å². The van der Waals surface area contributed by atoms with E-state index in [0.29, 0.717) is 12.0 Å². The highest BCUT2D eigenvalue weighted by molar-refractivity contribution is 9.10. The fraction of sp³-hybridized carbons (Fsp3) is 0.176. The maximum absolute atomic E-state index is 12.6. The fourth-order valence-corrected chi connectivity index (χ4v) is 2.99. The SMILES string of the molecule is Cc1ccc(Br)c(C(=O)Cc2nn(C)c3ccccc23)c1. The van der Waals surface area contributed by atoms with E-state index < -0.39 is 0 Å². The predicted octanol–water partition coefficient (Wildman–Crippen LogP) is 4.07. The van der Waals surface area contributed by atoms with E-state index in [0.717, 1.165) is 26.6 Å². The lowest BCUT2D eigenvalue weighted by Crippen LogP contribution is -2.06. The molecule has 1 heterocycles. The molecule has 3 aromatic rings. The summed E-state index contributed by atoms with van der Waals surface area (Å²) in [5.41, 5.74) is 3.66. The topological polar surface area (TPSA) is 34.9 Å². The molecule has 0 saturated heterocycles. The minimum absolute atomic E-state index is 0.0782. The lowest BCUT2D eigenvalue weighted by Gasteiger charge is -2.04. The number of ketones is 1. The summed E-state index contributed by atoms with van der Waals surface area (Å²) in [4.78, 5) is 12.6. The van der Waals surface area contributed by atoms with Crippen LogP contribution in [-0.2, 0) is 13.5 Å². The summed E-state index contributed by atoms with van der Waals surface area (Å²) in [6.07, 6.45) is 0.309. The third-order valence-corrected chi connectivity index (χ3v) is 4.28. The Kier molecular flexibility index (Phi) is 3.64. The maximum Gasteiger partial charge on any atom is 0.170 e. The zero-order valence-electron chi connectivity index (χ0n) is 11.9. The molecule has 0 spiro atoms. The van der Waals surface area contributed by atoms with Crippen LogP contribution in [0.15, 0.2) is 46.9 Å². The molecule has 106 valence electrons. The summed E-state index contributed by atoms with van der Waals surface area (Å²) in [6, 6.07) is 13.8. The van der Waals surface area contributed by atoms with Crippen molar-refractivity contribution in [2.45, 2.75) is 13.3 Å². The molecule has 1 aromatic heterocycles. The molecule has 0 atom stereocenters. The van der Waals surface area contributed by atoms with Crippen LogP contribution in [0.5, 0.6) is 0 Å². The van der Waals surface area contributed by atoms with E-state index in [2.05, 4.69) is 21.0 Å². The number of aryl methyl sites for hydroxylation is 2. The van der Waals surface area contributed by atoms with Crippen LogP contribution in [0.3, 0.4) is 0 Å². The molecule has 0 saturated carbocycles. The molecule has 2 aromatic carbocycles. The summed E-state index contributed by atoms with van der Waals surface area (Å²) in [5.74, 6) is 0.0782. The lowest BCUT2D eigenvalue weighted by atomic mass is 10.0. The molecule has 0 N–H and O–H groups in total. The summed E-state index contributed by atoms with van der Waals surface area (Å²) in [5, 5.41) is 5.53. The number of Topliss-reactive ketones (excluding diaryl/α,β-unsaturated/α-hetero) is 1. The molecule has 3 rings (SSSR count). The van der Waals surface area contributed by atoms with Crippen molar-refractivity contribution in [2.75, 3.05) is 0 Å². The van der Waals surface area contributed by atoms with Gasteiger partial charge in [0.05, 0.1) is 17.6 Å². The van der Waals surface area contributed by atoms with Crippen LogP contribution in [0.2, 0.25) is 0 Å². The van der Waals surface area contributed by atoms with Crippen molar-refractivity contribution in [1.29, 1.82) is 0 Å². The quantitative estimate of drug-likeness (QED) is 0.672. The number of para-hydroxylation sites is 1. The van der Waals surface area contributed by atoms with Gasteiger partial charge in [-0.05, 0) is 25.1 Å². The number of hydrogen-bond donors (Lipinski definition) is 0. The molecule has 0 aliphatic heterocycles. The third kappa shape index (κ3) is 2.63. The van der Waals surface area contributed by atoms with Gasteiger partial charge in [-0.2, -0.15) is 5.10 Å². The molecule has 21 heavy (non-hydrogen) atoms. The van der Waals surface area contributed by atoms with Gasteiger partial charge in [0, 0.05) is 22.5 Å². The summed E-state index contributed by atoms with van der Waals surface area (Å²) in [7, 11) is 1.90. The Labute approximate surface area is 131 Å². The second-order valence-corrected chi connectivity index (χ2v) is 6.03. The van der Waals surface area contributed by atoms with E-state index in [1.807, 2.05) is 61.1 Å². The first-order valence-electron chi connectivity index (χ1n) is 6.76. The molecule has 0 fully saturated rings. The van der Waals surface area contributed by atoms with Crippen molar-refractivity contribution in [3.63, 3.8) is 0 Å². The van der Waals surface area contributed by atoms with E-state index in [4.69, 9.17) is 0 Å². The van der Waals surface area contributed by atoms with Gasteiger partial charge in [-0.15, -0.1) is 0 Å². The smallest absolute Gasteiger partial charge is 0.170 e. The maximum atomic E-state index is 12.6. The van der Waals surface area contributed by atoms with Gasteiger partial charge < -0.3 is 0 Å². The van der Waals surface area contributed by atoms with Crippen LogP contribution in [0.1, 0.15) is 21.6 Å². The molecule has 4 heteroatoms. The second-order valence-electron chi connectivity index (χ2n) is 5.17. The third-order valence-electron chi connectivity index (χ3n) is 3.58. The average Bonchev–Trinajstić information content (AvgIpc) is 2.78. The summed E-state index contributed by atoms with van der Waals surface area (Å²) < 4.78 is 2.65. The van der Waals surface area contributed by atoms with Crippen LogP contribution in [0.25, 0.3) is 10.9 Å². The standard InChI is InChI=1S/C17H15BrN2O/c1-11-7-8-14(18)13(9-11)17(21)10-15-12-5-3-4-6-16(12)20(2)19-15/h3-9H,10H2,1-2H3. The highest BCUT2D eigenvalue weighted by atomic mass is 79.9. The van der Waals surface area contributed by atoms with Crippen molar-refractivity contribution in [1.82, 2.24) is 9.78 Å². The van der Waals surface area contributed by atoms with Crippen molar-refractivity contribution in [3.8, 4) is 0 Å². The number of aromatic nitrogens is 2. The molecule has 0 amide bonds. The molecule has 0 radical (unpaired) electrons. The van der Waals surface area contributed by atoms with Gasteiger partial charge in [0.2, 0.25) is 0 Å². The fourth-order valence-electron chi connectivity index (χ4n) is 2.52. The van der Waals surface area contributed by atoms with E-state index in [9.17, 15) is 4.79 Å². The van der Waals surface area contributed by atoms with Crippen LogP contribution < -0.4 is 0 Å². The zero-order chi connectivity index (χ0) is 15.0. The summed E-state index contributed by atoms with van der Waals surface area (Å²) >= 11 is 3.45. The first-order valence-corrected chi connectivity index (χ1v) is 7.55. The van der Waals surface area contributed by atoms with Gasteiger partial charge in [0.25, 0.3) is 0 Å². The first kappa shape index (κ1) is 14.0. The minimum atomic E-state index is 0.0782. The molecule has 0 unspecified atom stereocenters. The Morgan fingerprint density at radius 1 is 1.24 bits per heavy atom. The van der Waals surface area contributed by atoms with Crippen LogP contribution >= 0.6 is 15.9 Å². The van der Waals surface area contributed by atoms with Crippen molar-refractivity contribution >= 4 is 32.6 Å². The number of carbonyl (C=O) groups excluding carboxylic acids is 1. The number of nitrogens with zero attached hydrogens (tertiary/aromatic N) is 2. The highest BCUT2D eigenvalue weighted by Gasteiger charge is 2.15. The van der Waals surface area contributed by atoms with Crippen LogP contribution in [0.4, 0.5) is 0 Å². The highest BCUT2D eigenvalue weighted by Crippen LogP contribution is 2.23. The zero-order valence-corrected chi connectivity index (χ0v) is 13.5. The van der Waals surface area contributed by atoms with Crippen molar-refractivity contribution in [3.05, 3.63) is 63.8 Å². The normalized spacial score (nSPS) is 11.0. The number of fused-ring (bicyclic) bond motifs is 1. The second kappa shape index (κ2) is 5.45. The number of rotatable bonds is 3. The van der Waals surface area contributed by atoms with Gasteiger partial charge in [0.15, 0.2) is 5.78 Å². The van der Waals surface area contributed by atoms with E-state index in [1.54, 1.807) is 0 Å². The van der Waals surface area contributed by atoms with E-state index in [-0.39, 0.29) is 5.78 Å². The van der Waals surface area contributed by atoms with Gasteiger partial charge in [-0.1, -0.05) is 45.8 Å². The molecular formula is C17H15BrN2O. The van der Waals surface area contributed by atoms with E-state index >= 15 is 0 Å². The Balaban J connectivity index is 1.99. The minimum Gasteiger partial charge on any atom is -0.294 e. The Morgan fingerprint density at radius 3 is 2.81 bits per heavy atom. The van der Waals surface area contributed by atoms with Gasteiger partial charge in [-0.3, -0.25) is 9.48 Å². The van der Waals surface area contributed by atoms with Crippen molar-refractivity contribution < 1.29 is 4.79 Å². The molecule has 0 aliphatic carbocycles. The average molecular weight is 343 g/mol. The molecule has 3 nitrogen and oxygen atoms in total. The number of halogens is 1. The number of hydrogen-bond acceptors (Lipinski definition) is 2. The van der Waals surface area contributed by atoms with Crippen LogP contribution in [0, 0.1) is 6.92 Å². The van der Waals surface area contributed by atoms with Gasteiger partial charge in [0.1, 0.15) is 0 Å². The van der Waals surface area contributed by atoms with E-state index in [1.165, 1.54) is 0 Å². The van der Waals surface area contributed by atoms with Gasteiger partial charge >= 0.3 is 0 Å². The number of benzene rings is 2. The van der Waals surface area contributed by atoms with Crippen molar-refractivity contribution in [2.24, 2.45) is 7.05 Å². The van der Waals surface area contributed by atoms with Crippen LogP contribution in [-0.4, -0.2) is 15.6 Å². The number of carbonyl (C=O) groups is 1. The Bertz CT molecular complexity index is 836. The Hall–Kier alpha value is -1.94. The Morgan fingerprint density at radius 2 is 2.00 bits per heavy atom. The first-order chi connectivity index (χ1) is 10.1.